The van der Waals surface area contributed by atoms with E-state index in [0.29, 0.717) is 17.8 Å². The van der Waals surface area contributed by atoms with Crippen LogP contribution >= 0.6 is 15.9 Å². The van der Waals surface area contributed by atoms with E-state index >= 15 is 0 Å². The van der Waals surface area contributed by atoms with Crippen LogP contribution in [-0.4, -0.2) is 21.5 Å². The first-order valence-corrected chi connectivity index (χ1v) is 5.71. The first kappa shape index (κ1) is 12.2. The third kappa shape index (κ3) is 2.53. The van der Waals surface area contributed by atoms with E-state index in [1.54, 1.807) is 6.20 Å². The molecule has 0 spiro atoms. The Bertz CT molecular complexity index is 542. The smallest absolute Gasteiger partial charge is 0.160 e. The molecule has 0 bridgehead atoms. The van der Waals surface area contributed by atoms with E-state index in [2.05, 4.69) is 21.0 Å². The quantitative estimate of drug-likeness (QED) is 0.946. The molecule has 3 nitrogen and oxygen atoms in total. The van der Waals surface area contributed by atoms with Crippen LogP contribution in [0.3, 0.4) is 0 Å². The summed E-state index contributed by atoms with van der Waals surface area (Å²) >= 11 is 3.29. The molecule has 2 rings (SSSR count). The molecular formula is C11H9BrF2N2O. The molecule has 0 saturated heterocycles. The summed E-state index contributed by atoms with van der Waals surface area (Å²) < 4.78 is 28.0. The molecule has 0 fully saturated rings. The van der Waals surface area contributed by atoms with Gasteiger partial charge in [0.15, 0.2) is 11.6 Å². The molecule has 0 aliphatic heterocycles. The lowest BCUT2D eigenvalue weighted by atomic mass is 10.3. The molecule has 0 saturated carbocycles. The molecule has 0 radical (unpaired) electrons. The predicted molar refractivity (Wildman–Crippen MR) is 62.0 cm³/mol. The van der Waals surface area contributed by atoms with E-state index in [-0.39, 0.29) is 6.61 Å². The summed E-state index contributed by atoms with van der Waals surface area (Å²) in [7, 11) is 0. The Morgan fingerprint density at radius 1 is 1.29 bits per heavy atom. The molecule has 1 N–H and O–H groups in total. The van der Waals surface area contributed by atoms with Crippen LogP contribution in [0, 0.1) is 11.6 Å². The molecule has 0 atom stereocenters. The second kappa shape index (κ2) is 4.93. The van der Waals surface area contributed by atoms with E-state index in [1.807, 2.05) is 0 Å². The second-order valence-electron chi connectivity index (χ2n) is 3.44. The highest BCUT2D eigenvalue weighted by Gasteiger charge is 2.09. The van der Waals surface area contributed by atoms with Crippen LogP contribution in [0.1, 0.15) is 5.69 Å². The van der Waals surface area contributed by atoms with Crippen molar-refractivity contribution >= 4 is 15.9 Å². The lowest BCUT2D eigenvalue weighted by Crippen LogP contribution is -1.99. The number of halogens is 3. The Balaban J connectivity index is 2.39. The van der Waals surface area contributed by atoms with Gasteiger partial charge in [-0.15, -0.1) is 0 Å². The summed E-state index contributed by atoms with van der Waals surface area (Å²) in [6, 6.07) is 3.55. The number of aromatic nitrogens is 2. The van der Waals surface area contributed by atoms with Gasteiger partial charge in [-0.05, 0) is 28.1 Å². The number of hydrogen-bond acceptors (Lipinski definition) is 2. The van der Waals surface area contributed by atoms with Crippen molar-refractivity contribution in [2.24, 2.45) is 0 Å². The fourth-order valence-corrected chi connectivity index (χ4v) is 1.90. The number of nitrogens with zero attached hydrogens (tertiary/aromatic N) is 2. The van der Waals surface area contributed by atoms with Crippen molar-refractivity contribution < 1.29 is 13.9 Å². The standard InChI is InChI=1S/C11H9BrF2N2O/c12-8-6-16(15-11(8)3-4-17)7-1-2-9(13)10(14)5-7/h1-2,5-6,17H,3-4H2. The Hall–Kier alpha value is -1.27. The molecule has 1 aromatic heterocycles. The molecule has 2 aromatic rings. The molecule has 1 heterocycles. The molecule has 0 unspecified atom stereocenters. The van der Waals surface area contributed by atoms with Gasteiger partial charge in [0.25, 0.3) is 0 Å². The van der Waals surface area contributed by atoms with Crippen molar-refractivity contribution in [2.75, 3.05) is 6.61 Å². The van der Waals surface area contributed by atoms with Crippen LogP contribution < -0.4 is 0 Å². The molecule has 0 amide bonds. The molecule has 17 heavy (non-hydrogen) atoms. The summed E-state index contributed by atoms with van der Waals surface area (Å²) in [5.74, 6) is -1.81. The van der Waals surface area contributed by atoms with E-state index in [9.17, 15) is 8.78 Å². The maximum absolute atomic E-state index is 13.1. The normalized spacial score (nSPS) is 10.8. The summed E-state index contributed by atoms with van der Waals surface area (Å²) in [6.07, 6.45) is 2.04. The van der Waals surface area contributed by atoms with Crippen LogP contribution in [0.25, 0.3) is 5.69 Å². The maximum atomic E-state index is 13.1. The highest BCUT2D eigenvalue weighted by atomic mass is 79.9. The zero-order valence-corrected chi connectivity index (χ0v) is 10.3. The van der Waals surface area contributed by atoms with Gasteiger partial charge in [0, 0.05) is 25.3 Å². The Labute approximate surface area is 105 Å². The van der Waals surface area contributed by atoms with E-state index < -0.39 is 11.6 Å². The van der Waals surface area contributed by atoms with Crippen molar-refractivity contribution in [3.05, 3.63) is 46.2 Å². The van der Waals surface area contributed by atoms with Gasteiger partial charge >= 0.3 is 0 Å². The van der Waals surface area contributed by atoms with Gasteiger partial charge in [-0.25, -0.2) is 13.5 Å². The molecule has 1 aromatic carbocycles. The fraction of sp³-hybridized carbons (Fsp3) is 0.182. The van der Waals surface area contributed by atoms with E-state index in [4.69, 9.17) is 5.11 Å². The third-order valence-corrected chi connectivity index (χ3v) is 2.92. The number of rotatable bonds is 3. The zero-order chi connectivity index (χ0) is 12.4. The monoisotopic (exact) mass is 302 g/mol. The predicted octanol–water partition coefficient (Wildman–Crippen LogP) is 2.45. The average molecular weight is 303 g/mol. The van der Waals surface area contributed by atoms with Gasteiger partial charge in [-0.2, -0.15) is 5.10 Å². The average Bonchev–Trinajstić information content (AvgIpc) is 2.65. The largest absolute Gasteiger partial charge is 0.396 e. The van der Waals surface area contributed by atoms with E-state index in [0.717, 1.165) is 16.6 Å². The molecule has 0 aliphatic carbocycles. The van der Waals surface area contributed by atoms with Crippen LogP contribution in [0.4, 0.5) is 8.78 Å². The third-order valence-electron chi connectivity index (χ3n) is 2.26. The summed E-state index contributed by atoms with van der Waals surface area (Å²) in [5.41, 5.74) is 1.09. The number of aliphatic hydroxyl groups is 1. The van der Waals surface area contributed by atoms with Gasteiger partial charge in [-0.1, -0.05) is 0 Å². The topological polar surface area (TPSA) is 38.1 Å². The Morgan fingerprint density at radius 3 is 2.71 bits per heavy atom. The number of aliphatic hydroxyl groups excluding tert-OH is 1. The van der Waals surface area contributed by atoms with Gasteiger partial charge in [0.2, 0.25) is 0 Å². The van der Waals surface area contributed by atoms with Gasteiger partial charge in [0.1, 0.15) is 0 Å². The minimum atomic E-state index is -0.919. The molecule has 6 heteroatoms. The van der Waals surface area contributed by atoms with Crippen LogP contribution in [-0.2, 0) is 6.42 Å². The highest BCUT2D eigenvalue weighted by Crippen LogP contribution is 2.19. The van der Waals surface area contributed by atoms with E-state index in [1.165, 1.54) is 10.7 Å². The highest BCUT2D eigenvalue weighted by molar-refractivity contribution is 9.10. The van der Waals surface area contributed by atoms with Crippen molar-refractivity contribution in [3.63, 3.8) is 0 Å². The first-order valence-electron chi connectivity index (χ1n) is 4.92. The number of hydrogen-bond donors (Lipinski definition) is 1. The maximum Gasteiger partial charge on any atom is 0.160 e. The second-order valence-corrected chi connectivity index (χ2v) is 4.29. The van der Waals surface area contributed by atoms with Crippen molar-refractivity contribution in [1.29, 1.82) is 0 Å². The SMILES string of the molecule is OCCc1nn(-c2ccc(F)c(F)c2)cc1Br. The van der Waals surface area contributed by atoms with Crippen molar-refractivity contribution in [2.45, 2.75) is 6.42 Å². The van der Waals surface area contributed by atoms with Gasteiger partial charge in [0.05, 0.1) is 15.9 Å². The minimum Gasteiger partial charge on any atom is -0.396 e. The first-order chi connectivity index (χ1) is 8.11. The summed E-state index contributed by atoms with van der Waals surface area (Å²) in [6.45, 7) is -0.0204. The lowest BCUT2D eigenvalue weighted by Gasteiger charge is -2.01. The molecular weight excluding hydrogens is 294 g/mol. The van der Waals surface area contributed by atoms with Crippen LogP contribution in [0.5, 0.6) is 0 Å². The number of benzene rings is 1. The molecule has 90 valence electrons. The zero-order valence-electron chi connectivity index (χ0n) is 8.70. The molecule has 0 aliphatic rings. The summed E-state index contributed by atoms with van der Waals surface area (Å²) in [4.78, 5) is 0. The van der Waals surface area contributed by atoms with Crippen molar-refractivity contribution in [1.82, 2.24) is 9.78 Å². The van der Waals surface area contributed by atoms with Gasteiger partial charge in [-0.3, -0.25) is 0 Å². The van der Waals surface area contributed by atoms with Crippen LogP contribution in [0.2, 0.25) is 0 Å². The Morgan fingerprint density at radius 2 is 2.06 bits per heavy atom. The summed E-state index contributed by atoms with van der Waals surface area (Å²) in [5, 5.41) is 13.0. The van der Waals surface area contributed by atoms with Crippen molar-refractivity contribution in [3.8, 4) is 5.69 Å². The fourth-order valence-electron chi connectivity index (χ4n) is 1.42. The van der Waals surface area contributed by atoms with Gasteiger partial charge < -0.3 is 5.11 Å². The minimum absolute atomic E-state index is 0.0204. The lowest BCUT2D eigenvalue weighted by molar-refractivity contribution is 0.298. The Kier molecular flexibility index (Phi) is 3.54. The van der Waals surface area contributed by atoms with Crippen LogP contribution in [0.15, 0.2) is 28.9 Å².